The minimum Gasteiger partial charge on any atom is -0.322 e. The van der Waals surface area contributed by atoms with Gasteiger partial charge in [-0.25, -0.2) is 0 Å². The molecule has 0 aliphatic carbocycles. The maximum atomic E-state index is 12.6. The predicted octanol–water partition coefficient (Wildman–Crippen LogP) is 4.83. The summed E-state index contributed by atoms with van der Waals surface area (Å²) in [4.78, 5) is 29.0. The Balaban J connectivity index is 1.34. The highest BCUT2D eigenvalue weighted by Crippen LogP contribution is 2.22. The fraction of sp³-hybridized carbons (Fsp3) is 0.440. The summed E-state index contributed by atoms with van der Waals surface area (Å²) < 4.78 is 0. The van der Waals surface area contributed by atoms with Crippen molar-refractivity contribution in [2.45, 2.75) is 58.0 Å². The number of carbonyl (C=O) groups excluding carboxylic acids is 2. The summed E-state index contributed by atoms with van der Waals surface area (Å²) >= 11 is 0. The molecule has 0 radical (unpaired) electrons. The summed E-state index contributed by atoms with van der Waals surface area (Å²) in [7, 11) is 0. The van der Waals surface area contributed by atoms with E-state index < -0.39 is 0 Å². The zero-order chi connectivity index (χ0) is 20.9. The molecule has 0 saturated carbocycles. The Morgan fingerprint density at radius 3 is 2.40 bits per heavy atom. The number of benzene rings is 2. The van der Waals surface area contributed by atoms with E-state index in [9.17, 15) is 9.59 Å². The van der Waals surface area contributed by atoms with E-state index >= 15 is 0 Å². The van der Waals surface area contributed by atoms with E-state index in [4.69, 9.17) is 0 Å². The molecule has 0 bridgehead atoms. The Hall–Kier alpha value is -2.66. The topological polar surface area (TPSA) is 52.7 Å². The molecule has 5 nitrogen and oxygen atoms in total. The Morgan fingerprint density at radius 2 is 1.70 bits per heavy atom. The van der Waals surface area contributed by atoms with Gasteiger partial charge in [-0.05, 0) is 81.1 Å². The van der Waals surface area contributed by atoms with Crippen LogP contribution < -0.4 is 10.2 Å². The molecule has 1 N–H and O–H groups in total. The number of anilines is 2. The molecule has 1 unspecified atom stereocenters. The molecule has 2 aliphatic heterocycles. The molecule has 2 saturated heterocycles. The quantitative estimate of drug-likeness (QED) is 0.775. The van der Waals surface area contributed by atoms with Crippen LogP contribution in [0.3, 0.4) is 0 Å². The third-order valence-corrected chi connectivity index (χ3v) is 6.30. The molecule has 2 aliphatic rings. The number of nitrogens with zero attached hydrogens (tertiary/aromatic N) is 2. The molecule has 0 aromatic heterocycles. The number of nitrogens with one attached hydrogen (secondary N) is 1. The second kappa shape index (κ2) is 9.43. The molecule has 2 aromatic carbocycles. The molecular weight excluding hydrogens is 374 g/mol. The molecule has 158 valence electrons. The normalized spacial score (nSPS) is 20.2. The molecule has 2 aromatic rings. The average Bonchev–Trinajstić information content (AvgIpc) is 2.77. The Labute approximate surface area is 179 Å². The zero-order valence-electron chi connectivity index (χ0n) is 17.8. The molecule has 1 atom stereocenters. The van der Waals surface area contributed by atoms with Gasteiger partial charge < -0.3 is 10.2 Å². The SMILES string of the molecule is CC1CCCCN1Cc1ccc(NC(=O)c2ccc(N3CCCCC3=O)cc2)cc1. The summed E-state index contributed by atoms with van der Waals surface area (Å²) in [5.74, 6) is 0.0291. The van der Waals surface area contributed by atoms with Crippen molar-refractivity contribution in [3.05, 3.63) is 59.7 Å². The molecule has 30 heavy (non-hydrogen) atoms. The first-order chi connectivity index (χ1) is 14.6. The molecule has 5 heteroatoms. The third kappa shape index (κ3) is 4.90. The van der Waals surface area contributed by atoms with Crippen molar-refractivity contribution in [3.63, 3.8) is 0 Å². The van der Waals surface area contributed by atoms with Crippen LogP contribution in [0.2, 0.25) is 0 Å². The Bertz CT molecular complexity index is 876. The second-order valence-electron chi connectivity index (χ2n) is 8.52. The number of hydrogen-bond donors (Lipinski definition) is 1. The molecule has 2 fully saturated rings. The van der Waals surface area contributed by atoms with Gasteiger partial charge in [-0.15, -0.1) is 0 Å². The lowest BCUT2D eigenvalue weighted by atomic mass is 10.0. The summed E-state index contributed by atoms with van der Waals surface area (Å²) in [5, 5.41) is 2.97. The maximum Gasteiger partial charge on any atom is 0.255 e. The van der Waals surface area contributed by atoms with Gasteiger partial charge in [0.05, 0.1) is 0 Å². The van der Waals surface area contributed by atoms with Crippen molar-refractivity contribution in [3.8, 4) is 0 Å². The molecule has 2 heterocycles. The standard InChI is InChI=1S/C25H31N3O2/c1-19-6-2-4-16-27(19)18-20-8-12-22(13-9-20)26-25(30)21-10-14-23(15-11-21)28-17-5-3-7-24(28)29/h8-15,19H,2-7,16-18H2,1H3,(H,26,30). The van der Waals surface area contributed by atoms with Crippen LogP contribution in [-0.4, -0.2) is 35.8 Å². The van der Waals surface area contributed by atoms with Crippen LogP contribution in [0.4, 0.5) is 11.4 Å². The van der Waals surface area contributed by atoms with Crippen molar-refractivity contribution in [2.24, 2.45) is 0 Å². The number of piperidine rings is 2. The van der Waals surface area contributed by atoms with Crippen LogP contribution >= 0.6 is 0 Å². The van der Waals surface area contributed by atoms with Crippen molar-refractivity contribution in [1.29, 1.82) is 0 Å². The zero-order valence-corrected chi connectivity index (χ0v) is 17.8. The van der Waals surface area contributed by atoms with Crippen LogP contribution in [0.25, 0.3) is 0 Å². The highest BCUT2D eigenvalue weighted by molar-refractivity contribution is 6.04. The monoisotopic (exact) mass is 405 g/mol. The average molecular weight is 406 g/mol. The highest BCUT2D eigenvalue weighted by Gasteiger charge is 2.20. The predicted molar refractivity (Wildman–Crippen MR) is 121 cm³/mol. The lowest BCUT2D eigenvalue weighted by Crippen LogP contribution is -2.36. The summed E-state index contributed by atoms with van der Waals surface area (Å²) in [6, 6.07) is 16.1. The minimum atomic E-state index is -0.135. The van der Waals surface area contributed by atoms with E-state index in [1.165, 1.54) is 31.4 Å². The lowest BCUT2D eigenvalue weighted by molar-refractivity contribution is -0.119. The van der Waals surface area contributed by atoms with E-state index in [-0.39, 0.29) is 11.8 Å². The summed E-state index contributed by atoms with van der Waals surface area (Å²) in [5.41, 5.74) is 3.53. The Morgan fingerprint density at radius 1 is 0.967 bits per heavy atom. The van der Waals surface area contributed by atoms with Gasteiger partial charge in [0.25, 0.3) is 5.91 Å². The van der Waals surface area contributed by atoms with Crippen molar-refractivity contribution < 1.29 is 9.59 Å². The fourth-order valence-electron chi connectivity index (χ4n) is 4.40. The highest BCUT2D eigenvalue weighted by atomic mass is 16.2. The van der Waals surface area contributed by atoms with Crippen LogP contribution in [0.1, 0.15) is 61.4 Å². The van der Waals surface area contributed by atoms with Gasteiger partial charge >= 0.3 is 0 Å². The number of rotatable bonds is 5. The van der Waals surface area contributed by atoms with Gasteiger partial charge in [0.15, 0.2) is 0 Å². The fourth-order valence-corrected chi connectivity index (χ4v) is 4.40. The number of likely N-dealkylation sites (tertiary alicyclic amines) is 1. The van der Waals surface area contributed by atoms with E-state index in [1.807, 2.05) is 29.2 Å². The van der Waals surface area contributed by atoms with Crippen LogP contribution in [0.5, 0.6) is 0 Å². The maximum absolute atomic E-state index is 12.6. The van der Waals surface area contributed by atoms with Gasteiger partial charge in [0.1, 0.15) is 0 Å². The third-order valence-electron chi connectivity index (χ3n) is 6.30. The number of hydrogen-bond acceptors (Lipinski definition) is 3. The van der Waals surface area contributed by atoms with Crippen molar-refractivity contribution in [1.82, 2.24) is 4.90 Å². The van der Waals surface area contributed by atoms with Crippen molar-refractivity contribution >= 4 is 23.2 Å². The molecular formula is C25H31N3O2. The Kier molecular flexibility index (Phi) is 6.48. The van der Waals surface area contributed by atoms with Gasteiger partial charge in [-0.3, -0.25) is 14.5 Å². The van der Waals surface area contributed by atoms with Gasteiger partial charge in [-0.2, -0.15) is 0 Å². The largest absolute Gasteiger partial charge is 0.322 e. The van der Waals surface area contributed by atoms with Gasteiger partial charge in [0, 0.05) is 42.5 Å². The van der Waals surface area contributed by atoms with Gasteiger partial charge in [0.2, 0.25) is 5.91 Å². The smallest absolute Gasteiger partial charge is 0.255 e. The summed E-state index contributed by atoms with van der Waals surface area (Å²) in [6.45, 7) is 5.19. The van der Waals surface area contributed by atoms with E-state index in [2.05, 4.69) is 29.3 Å². The lowest BCUT2D eigenvalue weighted by Gasteiger charge is -2.33. The van der Waals surface area contributed by atoms with E-state index in [0.29, 0.717) is 18.0 Å². The van der Waals surface area contributed by atoms with Crippen LogP contribution in [0, 0.1) is 0 Å². The van der Waals surface area contributed by atoms with Gasteiger partial charge in [-0.1, -0.05) is 18.6 Å². The second-order valence-corrected chi connectivity index (χ2v) is 8.52. The minimum absolute atomic E-state index is 0.135. The van der Waals surface area contributed by atoms with Crippen LogP contribution in [-0.2, 0) is 11.3 Å². The first kappa shape index (κ1) is 20.6. The van der Waals surface area contributed by atoms with E-state index in [0.717, 1.165) is 37.3 Å². The molecule has 0 spiro atoms. The molecule has 2 amide bonds. The number of amides is 2. The van der Waals surface area contributed by atoms with E-state index in [1.54, 1.807) is 12.1 Å². The van der Waals surface area contributed by atoms with Crippen LogP contribution in [0.15, 0.2) is 48.5 Å². The summed E-state index contributed by atoms with van der Waals surface area (Å²) in [6.07, 6.45) is 6.49. The molecule has 4 rings (SSSR count). The first-order valence-electron chi connectivity index (χ1n) is 11.1. The first-order valence-corrected chi connectivity index (χ1v) is 11.1. The van der Waals surface area contributed by atoms with Crippen molar-refractivity contribution in [2.75, 3.05) is 23.3 Å². The number of carbonyl (C=O) groups is 2.